The third-order valence-corrected chi connectivity index (χ3v) is 3.16. The Balaban J connectivity index is 3.01. The van der Waals surface area contributed by atoms with Crippen LogP contribution in [0.25, 0.3) is 0 Å². The molecule has 1 heterocycles. The fraction of sp³-hybridized carbons (Fsp3) is 0.714. The minimum Gasteiger partial charge on any atom is -0.349 e. The van der Waals surface area contributed by atoms with Crippen LogP contribution >= 0.6 is 0 Å². The van der Waals surface area contributed by atoms with Crippen molar-refractivity contribution in [1.29, 1.82) is 0 Å². The molecular formula is C14H26N4O. The van der Waals surface area contributed by atoms with Crippen LogP contribution in [0.1, 0.15) is 32.0 Å². The van der Waals surface area contributed by atoms with Gasteiger partial charge in [-0.05, 0) is 12.0 Å². The van der Waals surface area contributed by atoms with E-state index in [4.69, 9.17) is 5.73 Å². The van der Waals surface area contributed by atoms with Crippen molar-refractivity contribution in [2.45, 2.75) is 32.6 Å². The Morgan fingerprint density at radius 2 is 2.05 bits per heavy atom. The van der Waals surface area contributed by atoms with Crippen molar-refractivity contribution in [2.75, 3.05) is 20.6 Å². The van der Waals surface area contributed by atoms with Gasteiger partial charge in [-0.25, -0.2) is 0 Å². The number of aromatic nitrogens is 2. The first kappa shape index (κ1) is 15.7. The second kappa shape index (κ2) is 5.74. The van der Waals surface area contributed by atoms with Crippen LogP contribution < -0.4 is 5.73 Å². The highest BCUT2D eigenvalue weighted by Gasteiger charge is 2.26. The Morgan fingerprint density at radius 1 is 1.47 bits per heavy atom. The molecule has 0 aliphatic carbocycles. The summed E-state index contributed by atoms with van der Waals surface area (Å²) < 4.78 is 1.81. The summed E-state index contributed by atoms with van der Waals surface area (Å²) in [5, 5.41) is 4.52. The Morgan fingerprint density at radius 3 is 2.47 bits per heavy atom. The highest BCUT2D eigenvalue weighted by molar-refractivity contribution is 5.78. The minimum atomic E-state index is -0.180. The molecule has 108 valence electrons. The van der Waals surface area contributed by atoms with E-state index in [0.717, 1.165) is 11.3 Å². The van der Waals surface area contributed by atoms with Crippen LogP contribution in [-0.2, 0) is 23.7 Å². The fourth-order valence-corrected chi connectivity index (χ4v) is 2.22. The lowest BCUT2D eigenvalue weighted by atomic mass is 9.86. The van der Waals surface area contributed by atoms with E-state index < -0.39 is 0 Å². The van der Waals surface area contributed by atoms with Crippen LogP contribution in [0.4, 0.5) is 0 Å². The summed E-state index contributed by atoms with van der Waals surface area (Å²) in [6.07, 6.45) is 2.64. The first-order chi connectivity index (χ1) is 8.66. The van der Waals surface area contributed by atoms with Crippen molar-refractivity contribution in [3.63, 3.8) is 0 Å². The maximum atomic E-state index is 12.1. The largest absolute Gasteiger partial charge is 0.349 e. The van der Waals surface area contributed by atoms with Crippen LogP contribution in [-0.4, -0.2) is 41.2 Å². The number of nitrogens with two attached hydrogens (primary N) is 1. The highest BCUT2D eigenvalue weighted by atomic mass is 16.2. The van der Waals surface area contributed by atoms with Crippen LogP contribution in [0.5, 0.6) is 0 Å². The number of nitrogens with zero attached hydrogens (tertiary/aromatic N) is 3. The molecule has 1 atom stereocenters. The molecule has 0 radical (unpaired) electrons. The summed E-state index contributed by atoms with van der Waals surface area (Å²) in [5.41, 5.74) is 7.87. The van der Waals surface area contributed by atoms with Crippen LogP contribution in [0.15, 0.2) is 6.20 Å². The van der Waals surface area contributed by atoms with E-state index in [-0.39, 0.29) is 17.2 Å². The zero-order valence-electron chi connectivity index (χ0n) is 12.9. The zero-order chi connectivity index (χ0) is 14.8. The summed E-state index contributed by atoms with van der Waals surface area (Å²) >= 11 is 0. The van der Waals surface area contributed by atoms with E-state index in [0.29, 0.717) is 13.0 Å². The molecule has 0 saturated carbocycles. The van der Waals surface area contributed by atoms with Crippen molar-refractivity contribution in [3.8, 4) is 0 Å². The summed E-state index contributed by atoms with van der Waals surface area (Å²) in [4.78, 5) is 13.7. The van der Waals surface area contributed by atoms with Gasteiger partial charge in [-0.2, -0.15) is 5.10 Å². The zero-order valence-corrected chi connectivity index (χ0v) is 12.9. The molecule has 5 nitrogen and oxygen atoms in total. The maximum absolute atomic E-state index is 12.1. The molecule has 1 rings (SSSR count). The number of aryl methyl sites for hydroxylation is 1. The first-order valence-electron chi connectivity index (χ1n) is 6.61. The molecule has 0 fully saturated rings. The number of hydrogen-bond donors (Lipinski definition) is 1. The molecule has 2 N–H and O–H groups in total. The molecule has 1 aromatic heterocycles. The molecule has 0 aromatic carbocycles. The van der Waals surface area contributed by atoms with Gasteiger partial charge in [0.05, 0.1) is 11.6 Å². The monoisotopic (exact) mass is 266 g/mol. The number of amides is 1. The number of rotatable bonds is 4. The van der Waals surface area contributed by atoms with Crippen LogP contribution in [0.2, 0.25) is 0 Å². The van der Waals surface area contributed by atoms with E-state index >= 15 is 0 Å². The molecule has 1 unspecified atom stereocenters. The van der Waals surface area contributed by atoms with Gasteiger partial charge in [-0.1, -0.05) is 20.8 Å². The van der Waals surface area contributed by atoms with Crippen molar-refractivity contribution in [1.82, 2.24) is 14.7 Å². The highest BCUT2D eigenvalue weighted by Crippen LogP contribution is 2.26. The smallest absolute Gasteiger partial charge is 0.226 e. The van der Waals surface area contributed by atoms with Gasteiger partial charge < -0.3 is 10.6 Å². The van der Waals surface area contributed by atoms with Gasteiger partial charge in [0.15, 0.2) is 0 Å². The first-order valence-corrected chi connectivity index (χ1v) is 6.61. The van der Waals surface area contributed by atoms with Crippen LogP contribution in [0.3, 0.4) is 0 Å². The SMILES string of the molecule is CN(C)C(=O)C(CN)Cc1cn(C)nc1C(C)(C)C. The Labute approximate surface area is 115 Å². The quantitative estimate of drug-likeness (QED) is 0.881. The normalized spacial score (nSPS) is 13.4. The maximum Gasteiger partial charge on any atom is 0.226 e. The molecule has 1 amide bonds. The molecule has 1 aromatic rings. The Hall–Kier alpha value is -1.36. The van der Waals surface area contributed by atoms with Crippen LogP contribution in [0, 0.1) is 5.92 Å². The van der Waals surface area contributed by atoms with Gasteiger partial charge in [0.25, 0.3) is 0 Å². The lowest BCUT2D eigenvalue weighted by molar-refractivity contribution is -0.132. The average Bonchev–Trinajstić information content (AvgIpc) is 2.65. The number of carbonyl (C=O) groups excluding carboxylic acids is 1. The predicted octanol–water partition coefficient (Wildman–Crippen LogP) is 0.923. The molecule has 0 bridgehead atoms. The topological polar surface area (TPSA) is 64.2 Å². The lowest BCUT2D eigenvalue weighted by Crippen LogP contribution is -2.35. The van der Waals surface area contributed by atoms with Gasteiger partial charge in [0, 0.05) is 39.3 Å². The third kappa shape index (κ3) is 3.80. The van der Waals surface area contributed by atoms with Gasteiger partial charge in [-0.15, -0.1) is 0 Å². The number of carbonyl (C=O) groups is 1. The molecular weight excluding hydrogens is 240 g/mol. The second-order valence-corrected chi connectivity index (χ2v) is 6.30. The van der Waals surface area contributed by atoms with E-state index in [1.807, 2.05) is 17.9 Å². The van der Waals surface area contributed by atoms with E-state index in [9.17, 15) is 4.79 Å². The second-order valence-electron chi connectivity index (χ2n) is 6.30. The predicted molar refractivity (Wildman–Crippen MR) is 76.9 cm³/mol. The Bertz CT molecular complexity index is 443. The summed E-state index contributed by atoms with van der Waals surface area (Å²) in [7, 11) is 5.43. The molecule has 0 saturated heterocycles. The van der Waals surface area contributed by atoms with E-state index in [1.54, 1.807) is 19.0 Å². The standard InChI is InChI=1S/C14H26N4O/c1-14(2,3)12-11(9-18(6)16-12)7-10(8-15)13(19)17(4)5/h9-10H,7-8,15H2,1-6H3. The molecule has 0 aliphatic rings. The minimum absolute atomic E-state index is 0.0308. The summed E-state index contributed by atoms with van der Waals surface area (Å²) in [6.45, 7) is 6.74. The lowest BCUT2D eigenvalue weighted by Gasteiger charge is -2.21. The van der Waals surface area contributed by atoms with Crippen molar-refractivity contribution < 1.29 is 4.79 Å². The average molecular weight is 266 g/mol. The summed E-state index contributed by atoms with van der Waals surface area (Å²) in [6, 6.07) is 0. The van der Waals surface area contributed by atoms with Crippen molar-refractivity contribution in [3.05, 3.63) is 17.5 Å². The molecule has 19 heavy (non-hydrogen) atoms. The molecule has 5 heteroatoms. The van der Waals surface area contributed by atoms with Gasteiger partial charge in [-0.3, -0.25) is 9.48 Å². The Kier molecular flexibility index (Phi) is 4.74. The molecule has 0 aliphatic heterocycles. The van der Waals surface area contributed by atoms with Gasteiger partial charge in [0.2, 0.25) is 5.91 Å². The molecule has 0 spiro atoms. The van der Waals surface area contributed by atoms with E-state index in [1.165, 1.54) is 0 Å². The fourth-order valence-electron chi connectivity index (χ4n) is 2.22. The summed E-state index contributed by atoms with van der Waals surface area (Å²) in [5.74, 6) is -0.105. The van der Waals surface area contributed by atoms with Crippen molar-refractivity contribution in [2.24, 2.45) is 18.7 Å². The van der Waals surface area contributed by atoms with Gasteiger partial charge >= 0.3 is 0 Å². The number of hydrogen-bond acceptors (Lipinski definition) is 3. The van der Waals surface area contributed by atoms with Crippen molar-refractivity contribution >= 4 is 5.91 Å². The van der Waals surface area contributed by atoms with Gasteiger partial charge in [0.1, 0.15) is 0 Å². The third-order valence-electron chi connectivity index (χ3n) is 3.16. The van der Waals surface area contributed by atoms with E-state index in [2.05, 4.69) is 25.9 Å².